The Kier molecular flexibility index (Phi) is 12.0. The molecule has 2 fully saturated rings. The minimum Gasteiger partial charge on any atom is -0.507 e. The molecule has 2 saturated heterocycles. The van der Waals surface area contributed by atoms with E-state index in [0.717, 1.165) is 6.92 Å². The lowest BCUT2D eigenvalue weighted by molar-refractivity contribution is -0.311. The number of amides is 1. The van der Waals surface area contributed by atoms with Gasteiger partial charge in [-0.2, -0.15) is 0 Å². The first-order valence-corrected chi connectivity index (χ1v) is 11.6. The average molecular weight is 544 g/mol. The number of aliphatic hydroxyl groups excluding tert-OH is 10. The van der Waals surface area contributed by atoms with Crippen molar-refractivity contribution in [2.75, 3.05) is 19.8 Å². The molecular formula is C21H37NO15. The summed E-state index contributed by atoms with van der Waals surface area (Å²) in [5.41, 5.74) is -0.686. The van der Waals surface area contributed by atoms with Crippen LogP contribution in [0.1, 0.15) is 20.3 Å². The molecule has 2 rings (SSSR count). The lowest BCUT2D eigenvalue weighted by Gasteiger charge is -2.42. The number of rotatable bonds is 11. The van der Waals surface area contributed by atoms with E-state index in [1.165, 1.54) is 6.92 Å². The molecule has 0 aromatic carbocycles. The first-order chi connectivity index (χ1) is 17.4. The van der Waals surface area contributed by atoms with Crippen LogP contribution in [0.25, 0.3) is 0 Å². The van der Waals surface area contributed by atoms with Gasteiger partial charge in [0, 0.05) is 20.0 Å². The second-order valence-electron chi connectivity index (χ2n) is 8.81. The quantitative estimate of drug-likeness (QED) is 0.0858. The van der Waals surface area contributed by atoms with Gasteiger partial charge >= 0.3 is 0 Å². The summed E-state index contributed by atoms with van der Waals surface area (Å²) in [6.45, 7) is 0.489. The van der Waals surface area contributed by atoms with Gasteiger partial charge in [0.05, 0.1) is 19.3 Å². The van der Waals surface area contributed by atoms with Crippen LogP contribution in [-0.4, -0.2) is 150 Å². The summed E-state index contributed by atoms with van der Waals surface area (Å²) in [6, 6.07) is 0. The third kappa shape index (κ3) is 7.54. The fraction of sp³-hybridized carbons (Fsp3) is 0.857. The highest BCUT2D eigenvalue weighted by Gasteiger charge is 2.46. The SMILES string of the molecule is CC(=O)N/C(=C(\O)[C@@H](CCO)O[C@@H]1OC(CO)[C@H](O)C(O)C1O)[C@@H](O)OC1C(O)[C@H](O)C(CO)O[C@@H]1C. The molecule has 11 N–H and O–H groups in total. The lowest BCUT2D eigenvalue weighted by atomic mass is 9.95. The number of carbonyl (C=O) groups is 1. The first-order valence-electron chi connectivity index (χ1n) is 11.6. The number of aliphatic hydroxyl groups is 10. The van der Waals surface area contributed by atoms with E-state index in [9.17, 15) is 55.9 Å². The Labute approximate surface area is 211 Å². The molecule has 0 aromatic heterocycles. The third-order valence-electron chi connectivity index (χ3n) is 6.06. The third-order valence-corrected chi connectivity index (χ3v) is 6.06. The van der Waals surface area contributed by atoms with Crippen molar-refractivity contribution in [3.8, 4) is 0 Å². The summed E-state index contributed by atoms with van der Waals surface area (Å²) in [5.74, 6) is -1.69. The fourth-order valence-electron chi connectivity index (χ4n) is 4.03. The zero-order valence-electron chi connectivity index (χ0n) is 20.3. The molecule has 6 unspecified atom stereocenters. The Balaban J connectivity index is 2.31. The minimum absolute atomic E-state index is 0.390. The molecule has 2 aliphatic heterocycles. The number of hydrogen-bond donors (Lipinski definition) is 11. The highest BCUT2D eigenvalue weighted by molar-refractivity contribution is 5.75. The van der Waals surface area contributed by atoms with Gasteiger partial charge in [-0.3, -0.25) is 4.79 Å². The monoisotopic (exact) mass is 543 g/mol. The van der Waals surface area contributed by atoms with Gasteiger partial charge in [0.1, 0.15) is 66.4 Å². The topological polar surface area (TPSA) is 268 Å². The number of nitrogens with one attached hydrogen (secondary N) is 1. The Bertz CT molecular complexity index is 766. The van der Waals surface area contributed by atoms with E-state index in [0.29, 0.717) is 0 Å². The van der Waals surface area contributed by atoms with Crippen molar-refractivity contribution in [1.82, 2.24) is 5.32 Å². The molecule has 0 spiro atoms. The fourth-order valence-corrected chi connectivity index (χ4v) is 4.03. The Morgan fingerprint density at radius 3 is 2.00 bits per heavy atom. The van der Waals surface area contributed by atoms with Crippen molar-refractivity contribution in [2.45, 2.75) is 93.9 Å². The second kappa shape index (κ2) is 14.0. The van der Waals surface area contributed by atoms with Crippen LogP contribution >= 0.6 is 0 Å². The molecule has 2 heterocycles. The Hall–Kier alpha value is -1.51. The zero-order chi connectivity index (χ0) is 28.0. The number of hydrogen-bond acceptors (Lipinski definition) is 15. The summed E-state index contributed by atoms with van der Waals surface area (Å²) in [7, 11) is 0. The minimum atomic E-state index is -2.16. The maximum Gasteiger partial charge on any atom is 0.221 e. The molecule has 0 radical (unpaired) electrons. The molecule has 37 heavy (non-hydrogen) atoms. The Morgan fingerprint density at radius 2 is 1.46 bits per heavy atom. The van der Waals surface area contributed by atoms with Crippen molar-refractivity contribution in [3.05, 3.63) is 11.5 Å². The van der Waals surface area contributed by atoms with E-state index < -0.39 is 111 Å². The van der Waals surface area contributed by atoms with E-state index in [4.69, 9.17) is 18.9 Å². The molecule has 0 aliphatic carbocycles. The molecule has 0 bridgehead atoms. The van der Waals surface area contributed by atoms with Crippen molar-refractivity contribution in [1.29, 1.82) is 0 Å². The van der Waals surface area contributed by atoms with Crippen LogP contribution in [-0.2, 0) is 23.7 Å². The maximum atomic E-state index is 11.8. The highest BCUT2D eigenvalue weighted by atomic mass is 16.7. The van der Waals surface area contributed by atoms with Crippen molar-refractivity contribution in [3.63, 3.8) is 0 Å². The van der Waals surface area contributed by atoms with Crippen LogP contribution in [0.4, 0.5) is 0 Å². The normalized spacial score (nSPS) is 39.0. The predicted octanol–water partition coefficient (Wildman–Crippen LogP) is -5.34. The van der Waals surface area contributed by atoms with Gasteiger partial charge in [0.25, 0.3) is 0 Å². The lowest BCUT2D eigenvalue weighted by Crippen LogP contribution is -2.60. The van der Waals surface area contributed by atoms with Gasteiger partial charge in [-0.05, 0) is 6.92 Å². The maximum absolute atomic E-state index is 11.8. The standard InChI is InChI=1S/C21H37NO15/c1-7-19(17(31)15(29)10(5-24)34-7)37-20(33)12(22-8(2)26)13(27)9(3-4-23)35-21-18(32)16(30)14(28)11(6-25)36-21/h7,9-11,14-21,23-25,27-33H,3-6H2,1-2H3,(H,22,26)/b13-12-/t7-,9-,10?,11?,14+,15-,16?,17?,18?,19?,20+,21-/m1/s1. The van der Waals surface area contributed by atoms with Gasteiger partial charge in [0.15, 0.2) is 12.6 Å². The van der Waals surface area contributed by atoms with Gasteiger partial charge in [-0.25, -0.2) is 0 Å². The van der Waals surface area contributed by atoms with Crippen molar-refractivity contribution < 1.29 is 74.8 Å². The second-order valence-corrected chi connectivity index (χ2v) is 8.81. The van der Waals surface area contributed by atoms with Crippen LogP contribution in [0.15, 0.2) is 11.5 Å². The molecule has 1 amide bonds. The molecule has 12 atom stereocenters. The van der Waals surface area contributed by atoms with E-state index in [1.807, 2.05) is 0 Å². The molecule has 2 aliphatic rings. The first kappa shape index (κ1) is 31.7. The van der Waals surface area contributed by atoms with E-state index in [-0.39, 0.29) is 6.42 Å². The Morgan fingerprint density at radius 1 is 0.892 bits per heavy atom. The highest BCUT2D eigenvalue weighted by Crippen LogP contribution is 2.28. The molecule has 0 aromatic rings. The molecule has 16 nitrogen and oxygen atoms in total. The van der Waals surface area contributed by atoms with E-state index in [2.05, 4.69) is 5.32 Å². The van der Waals surface area contributed by atoms with E-state index >= 15 is 0 Å². The molecule has 216 valence electrons. The van der Waals surface area contributed by atoms with E-state index in [1.54, 1.807) is 0 Å². The van der Waals surface area contributed by atoms with Gasteiger partial charge in [-0.15, -0.1) is 0 Å². The van der Waals surface area contributed by atoms with Crippen LogP contribution in [0.5, 0.6) is 0 Å². The largest absolute Gasteiger partial charge is 0.507 e. The van der Waals surface area contributed by atoms with Crippen LogP contribution in [0.3, 0.4) is 0 Å². The summed E-state index contributed by atoms with van der Waals surface area (Å²) in [4.78, 5) is 11.8. The average Bonchev–Trinajstić information content (AvgIpc) is 2.86. The van der Waals surface area contributed by atoms with Crippen molar-refractivity contribution in [2.24, 2.45) is 0 Å². The number of carbonyl (C=O) groups excluding carboxylic acids is 1. The summed E-state index contributed by atoms with van der Waals surface area (Å²) in [6.07, 6.45) is -19.3. The van der Waals surface area contributed by atoms with Gasteiger partial charge in [0.2, 0.25) is 5.91 Å². The van der Waals surface area contributed by atoms with Crippen molar-refractivity contribution >= 4 is 5.91 Å². The molecule has 0 saturated carbocycles. The smallest absolute Gasteiger partial charge is 0.221 e. The number of ether oxygens (including phenoxy) is 4. The summed E-state index contributed by atoms with van der Waals surface area (Å²) >= 11 is 0. The summed E-state index contributed by atoms with van der Waals surface area (Å²) < 4.78 is 21.4. The molecule has 16 heteroatoms. The summed E-state index contributed by atoms with van der Waals surface area (Å²) in [5, 5.41) is 102. The molecular weight excluding hydrogens is 506 g/mol. The van der Waals surface area contributed by atoms with Gasteiger partial charge in [-0.1, -0.05) is 0 Å². The van der Waals surface area contributed by atoms with Crippen LogP contribution in [0, 0.1) is 0 Å². The zero-order valence-corrected chi connectivity index (χ0v) is 20.3. The van der Waals surface area contributed by atoms with Crippen LogP contribution in [0.2, 0.25) is 0 Å². The van der Waals surface area contributed by atoms with Crippen LogP contribution < -0.4 is 5.32 Å². The predicted molar refractivity (Wildman–Crippen MR) is 118 cm³/mol. The van der Waals surface area contributed by atoms with Gasteiger partial charge < -0.3 is 75.3 Å².